The lowest BCUT2D eigenvalue weighted by atomic mass is 9.44. The maximum absolute atomic E-state index is 10.3. The first-order valence-electron chi connectivity index (χ1n) is 53.2. The molecule has 0 heterocycles. The molecular formula is C114H196O4. The Morgan fingerprint density at radius 3 is 1.19 bits per heavy atom. The van der Waals surface area contributed by atoms with E-state index in [-0.39, 0.29) is 12.2 Å². The summed E-state index contributed by atoms with van der Waals surface area (Å²) < 4.78 is 11.5. The highest BCUT2D eigenvalue weighted by atomic mass is 16.5. The summed E-state index contributed by atoms with van der Waals surface area (Å²) in [5.74, 6) is 23.6. The molecule has 118 heavy (non-hydrogen) atoms. The van der Waals surface area contributed by atoms with Gasteiger partial charge in [-0.2, -0.15) is 0 Å². The van der Waals surface area contributed by atoms with E-state index in [4.69, 9.17) is 9.47 Å². The molecule has 16 aliphatic carbocycles. The normalized spacial score (nSPS) is 45.9. The van der Waals surface area contributed by atoms with Gasteiger partial charge >= 0.3 is 0 Å². The molecule has 676 valence electrons. The van der Waals surface area contributed by atoms with Crippen molar-refractivity contribution in [1.29, 1.82) is 0 Å². The lowest BCUT2D eigenvalue weighted by Crippen LogP contribution is -2.54. The number of fused-ring (bicyclic) bond motifs is 20. The molecule has 0 aromatic carbocycles. The third kappa shape index (κ3) is 18.6. The monoisotopic (exact) mass is 1630 g/mol. The Labute approximate surface area is 732 Å². The van der Waals surface area contributed by atoms with E-state index in [1.165, 1.54) is 257 Å². The second-order valence-electron chi connectivity index (χ2n) is 50.7. The Morgan fingerprint density at radius 2 is 0.771 bits per heavy atom. The minimum atomic E-state index is -0.0863. The molecular weight excluding hydrogens is 1430 g/mol. The van der Waals surface area contributed by atoms with E-state index >= 15 is 0 Å². The smallest absolute Gasteiger partial charge is 0.0608 e. The van der Waals surface area contributed by atoms with E-state index in [9.17, 15) is 10.2 Å². The standard InChI is InChI=1S/C30H52O.C29H48O.C28H48O.C27H48O/c1-8-22(17-20(2)3)18-21(4)26-11-12-27-25-10-9-23-19-24(31-7)13-15-29(23,5)28(25)14-16-30(26,27)6;1-7-21(16-19(2)3)17-20(4)25-10-11-26-24-9-8-22-18-23(30)12-14-28(22,5)27(24)13-15-29(25,26)6;1-19(2)8-7-9-20(3)24-12-13-25-23-11-10-21-18-22(29-6)14-16-27(21,4)26(23)15-17-28(24,25)5;1-18(2)7-6-8-19(3)23-11-12-24-22-10-9-20-17-21(28)13-15-26(20,4)25(22)14-16-27(23,24)5/h9,20-22,24-28H,8,10-19H2,1-7H3;8,17,19-20,23-27,30H,7,9-16,18H2,1-6H3;10,19-20,22-26H,7-9,11-18H2,1-6H3;18-25,28H,6-17H2,1-5H3/b;21-17-;;. The molecule has 34 unspecified atom stereocenters. The predicted molar refractivity (Wildman–Crippen MR) is 504 cm³/mol. The number of rotatable bonds is 23. The van der Waals surface area contributed by atoms with E-state index in [1.54, 1.807) is 22.3 Å². The van der Waals surface area contributed by atoms with Crippen LogP contribution in [-0.4, -0.2) is 48.8 Å². The largest absolute Gasteiger partial charge is 0.393 e. The number of ether oxygens (including phenoxy) is 2. The fraction of sp³-hybridized carbons (Fsp3) is 0.930. The van der Waals surface area contributed by atoms with E-state index in [1.807, 2.05) is 14.2 Å². The van der Waals surface area contributed by atoms with Crippen LogP contribution in [0.25, 0.3) is 0 Å². The molecule has 0 aromatic heterocycles. The second kappa shape index (κ2) is 38.6. The van der Waals surface area contributed by atoms with Gasteiger partial charge in [0.2, 0.25) is 0 Å². The number of allylic oxidation sites excluding steroid dienone is 5. The molecule has 0 spiro atoms. The third-order valence-corrected chi connectivity index (χ3v) is 43.1. The zero-order valence-electron chi connectivity index (χ0n) is 82.5. The lowest BCUT2D eigenvalue weighted by molar-refractivity contribution is -0.129. The summed E-state index contributed by atoms with van der Waals surface area (Å²) in [7, 11) is 3.82. The zero-order chi connectivity index (χ0) is 85.0. The Balaban J connectivity index is 0.000000136. The maximum atomic E-state index is 10.3. The molecule has 0 saturated heterocycles. The summed E-state index contributed by atoms with van der Waals surface area (Å²) in [6.45, 7) is 55.4. The average Bonchev–Trinajstić information content (AvgIpc) is 1.36. The summed E-state index contributed by atoms with van der Waals surface area (Å²) in [4.78, 5) is 0. The van der Waals surface area contributed by atoms with E-state index in [0.29, 0.717) is 55.5 Å². The van der Waals surface area contributed by atoms with Gasteiger partial charge in [0.05, 0.1) is 24.4 Å². The molecule has 16 rings (SSSR count). The lowest BCUT2D eigenvalue weighted by Gasteiger charge is -2.61. The summed E-state index contributed by atoms with van der Waals surface area (Å²) in [5, 5.41) is 20.5. The van der Waals surface area contributed by atoms with Gasteiger partial charge in [-0.15, -0.1) is 0 Å². The van der Waals surface area contributed by atoms with Gasteiger partial charge in [-0.25, -0.2) is 0 Å². The topological polar surface area (TPSA) is 58.9 Å². The highest BCUT2D eigenvalue weighted by Crippen LogP contribution is 2.73. The second-order valence-corrected chi connectivity index (χ2v) is 50.7. The van der Waals surface area contributed by atoms with Crippen molar-refractivity contribution in [3.8, 4) is 0 Å². The Kier molecular flexibility index (Phi) is 30.9. The van der Waals surface area contributed by atoms with E-state index in [2.05, 4.69) is 177 Å². The minimum absolute atomic E-state index is 0.00830. The first-order chi connectivity index (χ1) is 56.0. The quantitative estimate of drug-likeness (QED) is 0.100. The van der Waals surface area contributed by atoms with Gasteiger partial charge in [-0.1, -0.05) is 244 Å². The van der Waals surface area contributed by atoms with Crippen LogP contribution >= 0.6 is 0 Å². The molecule has 16 aliphatic rings. The van der Waals surface area contributed by atoms with Crippen LogP contribution in [0.2, 0.25) is 0 Å². The van der Waals surface area contributed by atoms with E-state index < -0.39 is 0 Å². The summed E-state index contributed by atoms with van der Waals surface area (Å²) >= 11 is 0. The van der Waals surface area contributed by atoms with Gasteiger partial charge in [-0.3, -0.25) is 0 Å². The van der Waals surface area contributed by atoms with Crippen LogP contribution in [0.1, 0.15) is 435 Å². The summed E-state index contributed by atoms with van der Waals surface area (Å²) in [6, 6.07) is 0. The van der Waals surface area contributed by atoms with Gasteiger partial charge in [0.15, 0.2) is 0 Å². The van der Waals surface area contributed by atoms with Crippen LogP contribution in [0.3, 0.4) is 0 Å². The van der Waals surface area contributed by atoms with Crippen LogP contribution in [0.15, 0.2) is 46.6 Å². The van der Waals surface area contributed by atoms with Crippen LogP contribution in [0.5, 0.6) is 0 Å². The zero-order valence-corrected chi connectivity index (χ0v) is 82.5. The maximum Gasteiger partial charge on any atom is 0.0608 e. The number of aliphatic hydroxyl groups is 2. The van der Waals surface area contributed by atoms with Crippen LogP contribution in [0.4, 0.5) is 0 Å². The number of hydrogen-bond acceptors (Lipinski definition) is 4. The minimum Gasteiger partial charge on any atom is -0.393 e. The molecule has 34 atom stereocenters. The van der Waals surface area contributed by atoms with Gasteiger partial charge in [0, 0.05) is 14.2 Å². The van der Waals surface area contributed by atoms with Gasteiger partial charge in [0.1, 0.15) is 0 Å². The Bertz CT molecular complexity index is 3340. The molecule has 0 aromatic rings. The van der Waals surface area contributed by atoms with E-state index in [0.717, 1.165) is 180 Å². The fourth-order valence-electron chi connectivity index (χ4n) is 36.6. The van der Waals surface area contributed by atoms with Crippen molar-refractivity contribution in [3.63, 3.8) is 0 Å². The number of hydrogen-bond donors (Lipinski definition) is 2. The van der Waals surface area contributed by atoms with Crippen LogP contribution < -0.4 is 0 Å². The summed E-state index contributed by atoms with van der Waals surface area (Å²) in [6.07, 6.45) is 71.7. The van der Waals surface area contributed by atoms with Crippen molar-refractivity contribution in [1.82, 2.24) is 0 Å². The van der Waals surface area contributed by atoms with Crippen molar-refractivity contribution in [2.75, 3.05) is 14.2 Å². The Hall–Kier alpha value is -1.20. The van der Waals surface area contributed by atoms with Gasteiger partial charge < -0.3 is 19.7 Å². The van der Waals surface area contributed by atoms with Crippen molar-refractivity contribution in [2.45, 2.75) is 459 Å². The molecule has 13 saturated carbocycles. The van der Waals surface area contributed by atoms with Gasteiger partial charge in [-0.05, 0) is 435 Å². The van der Waals surface area contributed by atoms with Crippen LogP contribution in [-0.2, 0) is 9.47 Å². The molecule has 0 aliphatic heterocycles. The van der Waals surface area contributed by atoms with Crippen LogP contribution in [0, 0.1) is 197 Å². The molecule has 4 nitrogen and oxygen atoms in total. The highest BCUT2D eigenvalue weighted by molar-refractivity contribution is 5.29. The number of aliphatic hydroxyl groups excluding tert-OH is 2. The molecule has 0 radical (unpaired) electrons. The fourth-order valence-corrected chi connectivity index (χ4v) is 36.6. The molecule has 0 bridgehead atoms. The Morgan fingerprint density at radius 1 is 0.381 bits per heavy atom. The first-order valence-corrected chi connectivity index (χ1v) is 53.2. The molecule has 0 amide bonds. The predicted octanol–water partition coefficient (Wildman–Crippen LogP) is 32.1. The first kappa shape index (κ1) is 94.4. The SMILES string of the molecule is CC(C)CCCC(C)C1CCC2C3CCC4CC(O)CCC4(C)C3CCC12C.CC/C(=C/C(C)C1CCC2C3CC=C4CC(O)CCC4(C)C3CCC12C)CC(C)C.CCC(CC(C)C)CC(C)C1CCC2C3CC=C4CC(OC)CCC4(C)C3CCC12C.COC1CCC2(C)C(=CCC3C2CCC2(C)C(C(C)CCCC(C)C)CCC32)C1. The molecule has 13 fully saturated rings. The van der Waals surface area contributed by atoms with Crippen molar-refractivity contribution in [2.24, 2.45) is 197 Å². The third-order valence-electron chi connectivity index (χ3n) is 43.1. The molecule has 2 N–H and O–H groups in total. The number of methoxy groups -OCH3 is 2. The van der Waals surface area contributed by atoms with Crippen molar-refractivity contribution in [3.05, 3.63) is 46.6 Å². The average molecular weight is 1630 g/mol. The summed E-state index contributed by atoms with van der Waals surface area (Å²) in [5.41, 5.74) is 11.0. The van der Waals surface area contributed by atoms with Gasteiger partial charge in [0.25, 0.3) is 0 Å². The van der Waals surface area contributed by atoms with Crippen molar-refractivity contribution >= 4 is 0 Å². The molecule has 4 heteroatoms. The highest BCUT2D eigenvalue weighted by Gasteiger charge is 2.65. The van der Waals surface area contributed by atoms with Crippen molar-refractivity contribution < 1.29 is 19.7 Å².